The molecule has 0 aliphatic heterocycles. The van der Waals surface area contributed by atoms with Crippen molar-refractivity contribution in [3.63, 3.8) is 0 Å². The molecule has 0 aromatic heterocycles. The average Bonchev–Trinajstić information content (AvgIpc) is 1.90. The summed E-state index contributed by atoms with van der Waals surface area (Å²) >= 11 is 0. The molecular formula is C8H8-. The Hall–Kier alpha value is -0.910. The number of benzene rings is 1. The Balaban J connectivity index is 2.83. The van der Waals surface area contributed by atoms with Crippen LogP contribution in [-0.2, 0) is 0 Å². The molecule has 0 aliphatic rings. The Morgan fingerprint density at radius 1 is 1.12 bits per heavy atom. The summed E-state index contributed by atoms with van der Waals surface area (Å²) in [6.45, 7) is 1.91. The summed E-state index contributed by atoms with van der Waals surface area (Å²) < 4.78 is 0. The van der Waals surface area contributed by atoms with Gasteiger partial charge >= 0.3 is 0 Å². The molecule has 1 rings (SSSR count). The molecule has 1 radical (unpaired) electrons. The van der Waals surface area contributed by atoms with E-state index in [0.717, 1.165) is 5.56 Å². The highest BCUT2D eigenvalue weighted by Gasteiger charge is 1.68. The molecule has 8 heavy (non-hydrogen) atoms. The van der Waals surface area contributed by atoms with Crippen LogP contribution >= 0.6 is 0 Å². The van der Waals surface area contributed by atoms with Gasteiger partial charge in [-0.3, -0.25) is 0 Å². The SMILES string of the molecule is C[C-]c1ccccc1. The van der Waals surface area contributed by atoms with Gasteiger partial charge in [0.25, 0.3) is 0 Å². The fraction of sp³-hybridized carbons (Fsp3) is 0.125. The molecule has 0 saturated heterocycles. The Bertz CT molecular complexity index is 141. The molecule has 0 saturated carbocycles. The largest absolute Gasteiger partial charge is 0.204 e. The molecule has 0 fully saturated rings. The van der Waals surface area contributed by atoms with Crippen molar-refractivity contribution in [1.29, 1.82) is 0 Å². The lowest BCUT2D eigenvalue weighted by Crippen LogP contribution is -1.70. The van der Waals surface area contributed by atoms with Crippen LogP contribution in [0.5, 0.6) is 0 Å². The minimum Gasteiger partial charge on any atom is -0.204 e. The molecule has 0 bridgehead atoms. The van der Waals surface area contributed by atoms with Crippen molar-refractivity contribution in [3.05, 3.63) is 42.3 Å². The van der Waals surface area contributed by atoms with Crippen molar-refractivity contribution in [2.45, 2.75) is 6.92 Å². The lowest BCUT2D eigenvalue weighted by Gasteiger charge is -2.01. The quantitative estimate of drug-likeness (QED) is 0.479. The second kappa shape index (κ2) is 2.41. The molecule has 0 unspecified atom stereocenters. The zero-order chi connectivity index (χ0) is 5.82. The van der Waals surface area contributed by atoms with E-state index >= 15 is 0 Å². The third-order valence-electron chi connectivity index (χ3n) is 1.06. The van der Waals surface area contributed by atoms with Gasteiger partial charge in [0.2, 0.25) is 0 Å². The van der Waals surface area contributed by atoms with Crippen LogP contribution in [0.4, 0.5) is 0 Å². The van der Waals surface area contributed by atoms with Gasteiger partial charge < -0.3 is 0 Å². The monoisotopic (exact) mass is 104 g/mol. The van der Waals surface area contributed by atoms with Crippen molar-refractivity contribution >= 4 is 0 Å². The second-order valence-corrected chi connectivity index (χ2v) is 1.62. The minimum absolute atomic E-state index is 1.16. The van der Waals surface area contributed by atoms with Crippen LogP contribution in [0.1, 0.15) is 12.5 Å². The summed E-state index contributed by atoms with van der Waals surface area (Å²) in [4.78, 5) is 0. The maximum atomic E-state index is 3.03. The Labute approximate surface area is 50.2 Å². The van der Waals surface area contributed by atoms with Crippen molar-refractivity contribution in [2.24, 2.45) is 0 Å². The number of hydrogen-bond donors (Lipinski definition) is 0. The number of hydrogen-bond acceptors (Lipinski definition) is 0. The molecule has 0 aliphatic carbocycles. The average molecular weight is 104 g/mol. The molecule has 1 aromatic rings. The van der Waals surface area contributed by atoms with Gasteiger partial charge in [-0.05, 0) is 0 Å². The van der Waals surface area contributed by atoms with E-state index in [1.54, 1.807) is 0 Å². The first-order valence-electron chi connectivity index (χ1n) is 2.66. The molecule has 0 amide bonds. The molecule has 41 valence electrons. The van der Waals surface area contributed by atoms with Crippen molar-refractivity contribution in [1.82, 2.24) is 0 Å². The summed E-state index contributed by atoms with van der Waals surface area (Å²) in [5, 5.41) is 0. The summed E-state index contributed by atoms with van der Waals surface area (Å²) in [5.74, 6) is 0. The van der Waals surface area contributed by atoms with Crippen molar-refractivity contribution in [3.8, 4) is 0 Å². The molecule has 0 heteroatoms. The van der Waals surface area contributed by atoms with Gasteiger partial charge in [-0.2, -0.15) is 17.7 Å². The maximum absolute atomic E-state index is 3.03. The minimum atomic E-state index is 1.16. The van der Waals surface area contributed by atoms with Gasteiger partial charge in [0, 0.05) is 0 Å². The Morgan fingerprint density at radius 3 is 2.12 bits per heavy atom. The molecule has 0 N–H and O–H groups in total. The van der Waals surface area contributed by atoms with Gasteiger partial charge in [0.05, 0.1) is 0 Å². The van der Waals surface area contributed by atoms with Crippen LogP contribution < -0.4 is 0 Å². The third-order valence-corrected chi connectivity index (χ3v) is 1.06. The highest BCUT2D eigenvalue weighted by Crippen LogP contribution is 1.98. The second-order valence-electron chi connectivity index (χ2n) is 1.62. The predicted octanol–water partition coefficient (Wildman–Crippen LogP) is 2.14. The molecule has 0 atom stereocenters. The summed E-state index contributed by atoms with van der Waals surface area (Å²) in [7, 11) is 0. The zero-order valence-corrected chi connectivity index (χ0v) is 4.89. The zero-order valence-electron chi connectivity index (χ0n) is 4.89. The lowest BCUT2D eigenvalue weighted by molar-refractivity contribution is 1.43. The van der Waals surface area contributed by atoms with Crippen LogP contribution in [0, 0.1) is 6.42 Å². The number of rotatable bonds is 1. The highest BCUT2D eigenvalue weighted by atomic mass is 13.9. The highest BCUT2D eigenvalue weighted by molar-refractivity contribution is 5.20. The summed E-state index contributed by atoms with van der Waals surface area (Å²) in [6, 6.07) is 10.1. The van der Waals surface area contributed by atoms with Crippen LogP contribution in [0.25, 0.3) is 0 Å². The molecule has 0 spiro atoms. The van der Waals surface area contributed by atoms with E-state index in [1.807, 2.05) is 37.3 Å². The predicted molar refractivity (Wildman–Crippen MR) is 34.5 cm³/mol. The van der Waals surface area contributed by atoms with E-state index in [1.165, 1.54) is 0 Å². The van der Waals surface area contributed by atoms with Crippen LogP contribution in [0.2, 0.25) is 0 Å². The van der Waals surface area contributed by atoms with E-state index in [-0.39, 0.29) is 0 Å². The van der Waals surface area contributed by atoms with E-state index < -0.39 is 0 Å². The summed E-state index contributed by atoms with van der Waals surface area (Å²) in [6.07, 6.45) is 3.03. The maximum Gasteiger partial charge on any atom is -0.0866 e. The van der Waals surface area contributed by atoms with E-state index in [2.05, 4.69) is 6.42 Å². The van der Waals surface area contributed by atoms with Gasteiger partial charge in [-0.1, -0.05) is 13.0 Å². The van der Waals surface area contributed by atoms with Crippen LogP contribution in [0.15, 0.2) is 30.3 Å². The van der Waals surface area contributed by atoms with Gasteiger partial charge in [0.15, 0.2) is 0 Å². The standard InChI is InChI=1S/C8H8/c1-2-8-6-4-3-5-7-8/h3-7H,1H3/q-1. The first-order chi connectivity index (χ1) is 3.93. The van der Waals surface area contributed by atoms with E-state index in [0.29, 0.717) is 0 Å². The van der Waals surface area contributed by atoms with Crippen LogP contribution in [-0.4, -0.2) is 0 Å². The smallest absolute Gasteiger partial charge is 0.0866 e. The first kappa shape index (κ1) is 5.23. The Kier molecular flexibility index (Phi) is 1.58. The van der Waals surface area contributed by atoms with Crippen LogP contribution in [0.3, 0.4) is 0 Å². The molecule has 0 heterocycles. The lowest BCUT2D eigenvalue weighted by atomic mass is 10.2. The fourth-order valence-corrected chi connectivity index (χ4v) is 0.605. The van der Waals surface area contributed by atoms with Gasteiger partial charge in [0.1, 0.15) is 0 Å². The molecule has 0 nitrogen and oxygen atoms in total. The molecule has 1 aromatic carbocycles. The third kappa shape index (κ3) is 1.03. The van der Waals surface area contributed by atoms with E-state index in [4.69, 9.17) is 0 Å². The normalized spacial score (nSPS) is 8.62. The fourth-order valence-electron chi connectivity index (χ4n) is 0.605. The first-order valence-corrected chi connectivity index (χ1v) is 2.66. The van der Waals surface area contributed by atoms with Crippen molar-refractivity contribution < 1.29 is 0 Å². The topological polar surface area (TPSA) is 0 Å². The van der Waals surface area contributed by atoms with E-state index in [9.17, 15) is 0 Å². The van der Waals surface area contributed by atoms with Crippen molar-refractivity contribution in [2.75, 3.05) is 0 Å². The molecular weight excluding hydrogens is 96.1 g/mol. The van der Waals surface area contributed by atoms with Gasteiger partial charge in [-0.15, -0.1) is 12.1 Å². The Morgan fingerprint density at radius 2 is 1.75 bits per heavy atom. The summed E-state index contributed by atoms with van der Waals surface area (Å²) in [5.41, 5.74) is 1.16. The van der Waals surface area contributed by atoms with Gasteiger partial charge in [-0.25, -0.2) is 6.42 Å².